The van der Waals surface area contributed by atoms with Gasteiger partial charge < -0.3 is 10.8 Å². The van der Waals surface area contributed by atoms with Crippen molar-refractivity contribution in [3.63, 3.8) is 0 Å². The Balaban J connectivity index is 3.33. The average molecular weight is 254 g/mol. The topological polar surface area (TPSA) is 63.3 Å². The maximum absolute atomic E-state index is 12.5. The van der Waals surface area contributed by atoms with Gasteiger partial charge >= 0.3 is 12.1 Å². The van der Waals surface area contributed by atoms with Gasteiger partial charge in [-0.1, -0.05) is 11.6 Å². The third kappa shape index (κ3) is 2.79. The van der Waals surface area contributed by atoms with Crippen molar-refractivity contribution < 1.29 is 23.1 Å². The zero-order chi connectivity index (χ0) is 12.5. The first-order valence-electron chi connectivity index (χ1n) is 4.08. The van der Waals surface area contributed by atoms with Crippen molar-refractivity contribution in [2.24, 2.45) is 0 Å². The molecule has 0 atom stereocenters. The Bertz CT molecular complexity index is 431. The van der Waals surface area contributed by atoms with Crippen molar-refractivity contribution in [1.82, 2.24) is 0 Å². The number of halogens is 4. The standard InChI is InChI=1S/C9H7ClF3NO2/c10-6-1-4(2-8(15)16)5(3-7(6)14)9(11,12)13/h1,3H,2,14H2,(H,15,16). The number of rotatable bonds is 2. The van der Waals surface area contributed by atoms with Crippen molar-refractivity contribution in [3.05, 3.63) is 28.3 Å². The summed E-state index contributed by atoms with van der Waals surface area (Å²) in [6.07, 6.45) is -5.40. The Morgan fingerprint density at radius 2 is 2.00 bits per heavy atom. The zero-order valence-electron chi connectivity index (χ0n) is 7.81. The molecule has 0 unspecified atom stereocenters. The van der Waals surface area contributed by atoms with E-state index in [1.807, 2.05) is 0 Å². The number of hydrogen-bond donors (Lipinski definition) is 2. The van der Waals surface area contributed by atoms with E-state index in [2.05, 4.69) is 0 Å². The summed E-state index contributed by atoms with van der Waals surface area (Å²) >= 11 is 5.53. The van der Waals surface area contributed by atoms with Crippen LogP contribution in [0.3, 0.4) is 0 Å². The molecule has 0 aromatic heterocycles. The van der Waals surface area contributed by atoms with E-state index in [0.717, 1.165) is 6.07 Å². The molecular formula is C9H7ClF3NO2. The summed E-state index contributed by atoms with van der Waals surface area (Å²) in [6.45, 7) is 0. The average Bonchev–Trinajstić information content (AvgIpc) is 2.08. The lowest BCUT2D eigenvalue weighted by molar-refractivity contribution is -0.139. The van der Waals surface area contributed by atoms with Gasteiger partial charge in [-0.2, -0.15) is 13.2 Å². The molecule has 1 aromatic carbocycles. The fraction of sp³-hybridized carbons (Fsp3) is 0.222. The highest BCUT2D eigenvalue weighted by atomic mass is 35.5. The number of carboxylic acids is 1. The van der Waals surface area contributed by atoms with Crippen LogP contribution in [0.5, 0.6) is 0 Å². The van der Waals surface area contributed by atoms with E-state index in [9.17, 15) is 18.0 Å². The monoisotopic (exact) mass is 253 g/mol. The number of carbonyl (C=O) groups is 1. The molecular weight excluding hydrogens is 247 g/mol. The van der Waals surface area contributed by atoms with Crippen LogP contribution in [-0.2, 0) is 17.4 Å². The molecule has 0 radical (unpaired) electrons. The lowest BCUT2D eigenvalue weighted by Gasteiger charge is -2.13. The molecule has 0 heterocycles. The van der Waals surface area contributed by atoms with Crippen LogP contribution < -0.4 is 5.73 Å². The minimum atomic E-state index is -4.65. The van der Waals surface area contributed by atoms with Gasteiger partial charge in [0.1, 0.15) is 0 Å². The summed E-state index contributed by atoms with van der Waals surface area (Å²) < 4.78 is 37.6. The number of benzene rings is 1. The fourth-order valence-electron chi connectivity index (χ4n) is 1.20. The first-order valence-corrected chi connectivity index (χ1v) is 4.46. The summed E-state index contributed by atoms with van der Waals surface area (Å²) in [6, 6.07) is 1.56. The lowest BCUT2D eigenvalue weighted by Crippen LogP contribution is -2.13. The number of alkyl halides is 3. The van der Waals surface area contributed by atoms with Crippen molar-refractivity contribution >= 4 is 23.3 Å². The summed E-state index contributed by atoms with van der Waals surface area (Å²) in [5, 5.41) is 8.38. The smallest absolute Gasteiger partial charge is 0.416 e. The number of carboxylic acid groups (broad SMARTS) is 1. The minimum absolute atomic E-state index is 0.0933. The van der Waals surface area contributed by atoms with Crippen LogP contribution in [0.2, 0.25) is 5.02 Å². The van der Waals surface area contributed by atoms with Crippen LogP contribution in [0.4, 0.5) is 18.9 Å². The Morgan fingerprint density at radius 1 is 1.44 bits per heavy atom. The molecule has 7 heteroatoms. The molecule has 1 aromatic rings. The van der Waals surface area contributed by atoms with Crippen molar-refractivity contribution in [1.29, 1.82) is 0 Å². The highest BCUT2D eigenvalue weighted by Crippen LogP contribution is 2.36. The second kappa shape index (κ2) is 4.21. The minimum Gasteiger partial charge on any atom is -0.481 e. The quantitative estimate of drug-likeness (QED) is 0.796. The predicted octanol–water partition coefficient (Wildman–Crippen LogP) is 2.57. The van der Waals surface area contributed by atoms with Gasteiger partial charge in [-0.25, -0.2) is 0 Å². The fourth-order valence-corrected chi connectivity index (χ4v) is 1.39. The van der Waals surface area contributed by atoms with Gasteiger partial charge in [-0.3, -0.25) is 4.79 Å². The number of nitrogen functional groups attached to an aromatic ring is 1. The summed E-state index contributed by atoms with van der Waals surface area (Å²) in [7, 11) is 0. The highest BCUT2D eigenvalue weighted by molar-refractivity contribution is 6.33. The molecule has 88 valence electrons. The number of hydrogen-bond acceptors (Lipinski definition) is 2. The zero-order valence-corrected chi connectivity index (χ0v) is 8.56. The normalized spacial score (nSPS) is 11.5. The first-order chi connectivity index (χ1) is 7.21. The van der Waals surface area contributed by atoms with E-state index < -0.39 is 29.7 Å². The van der Waals surface area contributed by atoms with E-state index in [0.29, 0.717) is 6.07 Å². The molecule has 0 fully saturated rings. The van der Waals surface area contributed by atoms with Gasteiger partial charge in [-0.15, -0.1) is 0 Å². The number of anilines is 1. The van der Waals surface area contributed by atoms with Crippen LogP contribution in [0.15, 0.2) is 12.1 Å². The Labute approximate surface area is 93.6 Å². The molecule has 3 nitrogen and oxygen atoms in total. The van der Waals surface area contributed by atoms with E-state index in [4.69, 9.17) is 22.4 Å². The van der Waals surface area contributed by atoms with Crippen LogP contribution in [0.1, 0.15) is 11.1 Å². The predicted molar refractivity (Wildman–Crippen MR) is 52.2 cm³/mol. The maximum Gasteiger partial charge on any atom is 0.416 e. The second-order valence-electron chi connectivity index (χ2n) is 3.10. The number of aliphatic carboxylic acids is 1. The molecule has 0 aliphatic carbocycles. The van der Waals surface area contributed by atoms with Gasteiger partial charge in [0, 0.05) is 0 Å². The summed E-state index contributed by atoms with van der Waals surface area (Å²) in [5.41, 5.74) is 3.53. The summed E-state index contributed by atoms with van der Waals surface area (Å²) in [4.78, 5) is 10.4. The Hall–Kier alpha value is -1.43. The molecule has 0 aliphatic rings. The third-order valence-corrected chi connectivity index (χ3v) is 2.20. The molecule has 0 saturated carbocycles. The number of nitrogens with two attached hydrogens (primary N) is 1. The van der Waals surface area contributed by atoms with Gasteiger partial charge in [0.15, 0.2) is 0 Å². The Morgan fingerprint density at radius 3 is 2.44 bits per heavy atom. The summed E-state index contributed by atoms with van der Waals surface area (Å²) in [5.74, 6) is -1.37. The lowest BCUT2D eigenvalue weighted by atomic mass is 10.0. The second-order valence-corrected chi connectivity index (χ2v) is 3.51. The van der Waals surface area contributed by atoms with E-state index >= 15 is 0 Å². The molecule has 0 saturated heterocycles. The van der Waals surface area contributed by atoms with Gasteiger partial charge in [0.2, 0.25) is 0 Å². The van der Waals surface area contributed by atoms with E-state index in [1.165, 1.54) is 0 Å². The molecule has 16 heavy (non-hydrogen) atoms. The maximum atomic E-state index is 12.5. The van der Waals surface area contributed by atoms with E-state index in [-0.39, 0.29) is 10.7 Å². The molecule has 0 bridgehead atoms. The Kier molecular flexibility index (Phi) is 3.32. The molecule has 1 rings (SSSR count). The van der Waals surface area contributed by atoms with Gasteiger partial charge in [-0.05, 0) is 17.7 Å². The van der Waals surface area contributed by atoms with Crippen LogP contribution in [-0.4, -0.2) is 11.1 Å². The molecule has 0 amide bonds. The largest absolute Gasteiger partial charge is 0.481 e. The van der Waals surface area contributed by atoms with Crippen molar-refractivity contribution in [2.75, 3.05) is 5.73 Å². The van der Waals surface area contributed by atoms with Crippen molar-refractivity contribution in [3.8, 4) is 0 Å². The molecule has 0 aliphatic heterocycles. The van der Waals surface area contributed by atoms with Crippen LogP contribution in [0.25, 0.3) is 0 Å². The van der Waals surface area contributed by atoms with Gasteiger partial charge in [0.05, 0.1) is 22.7 Å². The molecule has 3 N–H and O–H groups in total. The van der Waals surface area contributed by atoms with E-state index in [1.54, 1.807) is 0 Å². The van der Waals surface area contributed by atoms with Crippen molar-refractivity contribution in [2.45, 2.75) is 12.6 Å². The highest BCUT2D eigenvalue weighted by Gasteiger charge is 2.34. The molecule has 0 spiro atoms. The SMILES string of the molecule is Nc1cc(C(F)(F)F)c(CC(=O)O)cc1Cl. The van der Waals surface area contributed by atoms with Crippen LogP contribution >= 0.6 is 11.6 Å². The first kappa shape index (κ1) is 12.6. The third-order valence-electron chi connectivity index (χ3n) is 1.87. The van der Waals surface area contributed by atoms with Gasteiger partial charge in [0.25, 0.3) is 0 Å². The van der Waals surface area contributed by atoms with Crippen LogP contribution in [0, 0.1) is 0 Å².